The quantitative estimate of drug-likeness (QED) is 0.400. The topological polar surface area (TPSA) is 87.0 Å². The molecule has 0 aliphatic carbocycles. The lowest BCUT2D eigenvalue weighted by molar-refractivity contribution is -0.385. The molecule has 0 aromatic heterocycles. The Morgan fingerprint density at radius 2 is 1.66 bits per heavy atom. The number of hydrogen-bond donors (Lipinski definition) is 0. The molecule has 0 bridgehead atoms. The Bertz CT molecular complexity index is 1030. The Labute approximate surface area is 174 Å². The van der Waals surface area contributed by atoms with E-state index in [4.69, 9.17) is 0 Å². The zero-order valence-corrected chi connectivity index (χ0v) is 16.9. The van der Waals surface area contributed by atoms with Gasteiger partial charge in [-0.1, -0.05) is 28.1 Å². The number of non-ortho nitro benzene ring substituents is 1. The van der Waals surface area contributed by atoms with Gasteiger partial charge < -0.3 is 0 Å². The molecule has 5 rings (SSSR count). The molecule has 3 aliphatic rings. The lowest BCUT2D eigenvalue weighted by Crippen LogP contribution is -2.44. The van der Waals surface area contributed by atoms with Gasteiger partial charge in [-0.05, 0) is 36.2 Å². The van der Waals surface area contributed by atoms with Crippen LogP contribution in [0.2, 0.25) is 0 Å². The van der Waals surface area contributed by atoms with Crippen molar-refractivity contribution in [1.29, 1.82) is 0 Å². The van der Waals surface area contributed by atoms with Gasteiger partial charge in [-0.3, -0.25) is 19.7 Å². The van der Waals surface area contributed by atoms with Crippen molar-refractivity contribution in [3.8, 4) is 0 Å². The fraction of sp³-hybridized carbons (Fsp3) is 0.300. The van der Waals surface area contributed by atoms with Gasteiger partial charge in [-0.2, -0.15) is 0 Å². The van der Waals surface area contributed by atoms with Gasteiger partial charge in [-0.25, -0.2) is 14.9 Å². The van der Waals surface area contributed by atoms with Crippen molar-refractivity contribution in [2.24, 2.45) is 5.92 Å². The molecule has 148 valence electrons. The van der Waals surface area contributed by atoms with E-state index in [-0.39, 0.29) is 23.5 Å². The van der Waals surface area contributed by atoms with Crippen LogP contribution in [0.4, 0.5) is 11.4 Å². The average molecular weight is 457 g/mol. The fourth-order valence-corrected chi connectivity index (χ4v) is 5.04. The number of carbonyl (C=O) groups excluding carboxylic acids is 2. The molecule has 8 nitrogen and oxygen atoms in total. The molecule has 0 saturated carbocycles. The number of nitro benzene ring substituents is 1. The van der Waals surface area contributed by atoms with Crippen LogP contribution in [0.15, 0.2) is 53.0 Å². The number of halogens is 1. The lowest BCUT2D eigenvalue weighted by atomic mass is 9.89. The highest BCUT2D eigenvalue weighted by molar-refractivity contribution is 9.10. The Balaban J connectivity index is 1.58. The van der Waals surface area contributed by atoms with Crippen LogP contribution >= 0.6 is 15.9 Å². The van der Waals surface area contributed by atoms with E-state index >= 15 is 0 Å². The van der Waals surface area contributed by atoms with Crippen LogP contribution in [0, 0.1) is 16.0 Å². The highest BCUT2D eigenvalue weighted by Gasteiger charge is 2.62. The normalized spacial score (nSPS) is 26.8. The summed E-state index contributed by atoms with van der Waals surface area (Å²) >= 11 is 3.37. The summed E-state index contributed by atoms with van der Waals surface area (Å²) in [6.45, 7) is 1.42. The summed E-state index contributed by atoms with van der Waals surface area (Å²) in [6, 6.07) is 12.5. The van der Waals surface area contributed by atoms with Crippen molar-refractivity contribution < 1.29 is 14.5 Å². The largest absolute Gasteiger partial charge is 0.274 e. The van der Waals surface area contributed by atoms with Gasteiger partial charge in [0.1, 0.15) is 6.04 Å². The summed E-state index contributed by atoms with van der Waals surface area (Å²) in [5.41, 5.74) is 1.22. The first kappa shape index (κ1) is 18.4. The van der Waals surface area contributed by atoms with Crippen LogP contribution in [0.5, 0.6) is 0 Å². The van der Waals surface area contributed by atoms with Gasteiger partial charge in [0.05, 0.1) is 22.6 Å². The molecule has 0 spiro atoms. The minimum atomic E-state index is -0.589. The molecular formula is C20H17BrN4O4. The Morgan fingerprint density at radius 1 is 0.966 bits per heavy atom. The number of hydrazine groups is 1. The number of amides is 2. The summed E-state index contributed by atoms with van der Waals surface area (Å²) in [7, 11) is 0. The first-order chi connectivity index (χ1) is 14.0. The maximum atomic E-state index is 13.4. The van der Waals surface area contributed by atoms with Crippen LogP contribution in [0.1, 0.15) is 18.0 Å². The fourth-order valence-electron chi connectivity index (χ4n) is 4.78. The van der Waals surface area contributed by atoms with E-state index in [1.807, 2.05) is 10.0 Å². The molecule has 0 radical (unpaired) electrons. The zero-order chi connectivity index (χ0) is 20.3. The highest BCUT2D eigenvalue weighted by Crippen LogP contribution is 2.49. The Kier molecular flexibility index (Phi) is 4.27. The second-order valence-corrected chi connectivity index (χ2v) is 8.35. The molecule has 0 unspecified atom stereocenters. The van der Waals surface area contributed by atoms with Crippen molar-refractivity contribution in [3.63, 3.8) is 0 Å². The second kappa shape index (κ2) is 6.72. The number of hydrogen-bond acceptors (Lipinski definition) is 6. The van der Waals surface area contributed by atoms with E-state index in [0.29, 0.717) is 17.8 Å². The molecule has 0 N–H and O–H groups in total. The standard InChI is InChI=1S/C20H17BrN4O4/c21-13-5-7-14(8-6-13)24-19(26)16-17(12-3-1-4-15(11-12)25(28)29)22-9-2-10-23(22)18(16)20(24)27/h1,3-8,11,16-18H,2,9-10H2/t16-,17-,18+/m0/s1. The van der Waals surface area contributed by atoms with Crippen LogP contribution in [-0.2, 0) is 9.59 Å². The Morgan fingerprint density at radius 3 is 2.34 bits per heavy atom. The lowest BCUT2D eigenvalue weighted by Gasteiger charge is -2.29. The van der Waals surface area contributed by atoms with Gasteiger partial charge >= 0.3 is 0 Å². The number of rotatable bonds is 3. The number of benzene rings is 2. The van der Waals surface area contributed by atoms with E-state index in [1.54, 1.807) is 36.4 Å². The van der Waals surface area contributed by atoms with E-state index < -0.39 is 16.9 Å². The third kappa shape index (κ3) is 2.72. The molecule has 2 aromatic carbocycles. The van der Waals surface area contributed by atoms with Crippen molar-refractivity contribution >= 4 is 39.1 Å². The van der Waals surface area contributed by atoms with E-state index in [0.717, 1.165) is 17.4 Å². The first-order valence-electron chi connectivity index (χ1n) is 9.38. The molecule has 9 heteroatoms. The molecule has 2 aromatic rings. The number of anilines is 1. The minimum Gasteiger partial charge on any atom is -0.274 e. The molecule has 3 aliphatic heterocycles. The van der Waals surface area contributed by atoms with Crippen LogP contribution in [0.25, 0.3) is 0 Å². The first-order valence-corrected chi connectivity index (χ1v) is 10.2. The zero-order valence-electron chi connectivity index (χ0n) is 15.3. The summed E-state index contributed by atoms with van der Waals surface area (Å²) in [4.78, 5) is 38.8. The molecule has 3 fully saturated rings. The van der Waals surface area contributed by atoms with Crippen molar-refractivity contribution in [2.75, 3.05) is 18.0 Å². The van der Waals surface area contributed by atoms with Gasteiger partial charge in [0.25, 0.3) is 11.6 Å². The van der Waals surface area contributed by atoms with Crippen LogP contribution in [-0.4, -0.2) is 45.9 Å². The summed E-state index contributed by atoms with van der Waals surface area (Å²) < 4.78 is 0.862. The third-order valence-electron chi connectivity index (χ3n) is 5.91. The van der Waals surface area contributed by atoms with E-state index in [9.17, 15) is 19.7 Å². The molecule has 2 amide bonds. The second-order valence-electron chi connectivity index (χ2n) is 7.44. The maximum absolute atomic E-state index is 13.4. The summed E-state index contributed by atoms with van der Waals surface area (Å²) in [5.74, 6) is -1.08. The number of fused-ring (bicyclic) bond motifs is 3. The van der Waals surface area contributed by atoms with Crippen molar-refractivity contribution in [2.45, 2.75) is 18.5 Å². The van der Waals surface area contributed by atoms with E-state index in [2.05, 4.69) is 15.9 Å². The van der Waals surface area contributed by atoms with Crippen LogP contribution in [0.3, 0.4) is 0 Å². The summed E-state index contributed by atoms with van der Waals surface area (Å²) in [5, 5.41) is 15.3. The number of carbonyl (C=O) groups is 2. The van der Waals surface area contributed by atoms with Gasteiger partial charge in [0, 0.05) is 29.7 Å². The summed E-state index contributed by atoms with van der Waals surface area (Å²) in [6.07, 6.45) is 0.883. The van der Waals surface area contributed by atoms with Gasteiger partial charge in [-0.15, -0.1) is 0 Å². The molecule has 29 heavy (non-hydrogen) atoms. The molecule has 3 heterocycles. The van der Waals surface area contributed by atoms with Crippen molar-refractivity contribution in [1.82, 2.24) is 10.0 Å². The molecular weight excluding hydrogens is 440 g/mol. The van der Waals surface area contributed by atoms with E-state index in [1.165, 1.54) is 17.0 Å². The predicted octanol–water partition coefficient (Wildman–Crippen LogP) is 2.89. The third-order valence-corrected chi connectivity index (χ3v) is 6.44. The molecule has 3 atom stereocenters. The SMILES string of the molecule is O=C1[C@@H]2[C@H](C(=O)N1c1ccc(Br)cc1)N1CCCN1[C@H]2c1cccc([N+](=O)[O-])c1. The molecule has 3 saturated heterocycles. The van der Waals surface area contributed by atoms with Gasteiger partial charge in [0.2, 0.25) is 5.91 Å². The number of imide groups is 1. The average Bonchev–Trinajstić information content (AvgIpc) is 3.35. The number of nitrogens with zero attached hydrogens (tertiary/aromatic N) is 4. The highest BCUT2D eigenvalue weighted by atomic mass is 79.9. The van der Waals surface area contributed by atoms with Crippen molar-refractivity contribution in [3.05, 3.63) is 68.7 Å². The van der Waals surface area contributed by atoms with Crippen LogP contribution < -0.4 is 4.90 Å². The number of nitro groups is 1. The monoisotopic (exact) mass is 456 g/mol. The van der Waals surface area contributed by atoms with Gasteiger partial charge in [0.15, 0.2) is 0 Å². The maximum Gasteiger partial charge on any atom is 0.269 e. The Hall–Kier alpha value is -2.62. The smallest absolute Gasteiger partial charge is 0.269 e. The predicted molar refractivity (Wildman–Crippen MR) is 108 cm³/mol. The minimum absolute atomic E-state index is 0.0155.